The van der Waals surface area contributed by atoms with E-state index in [2.05, 4.69) is 29.1 Å². The first-order chi connectivity index (χ1) is 15.0. The molecule has 0 spiro atoms. The maximum atomic E-state index is 13.0. The summed E-state index contributed by atoms with van der Waals surface area (Å²) in [6, 6.07) is 15.2. The summed E-state index contributed by atoms with van der Waals surface area (Å²) in [4.78, 5) is 21.6. The molecule has 4 rings (SSSR count). The largest absolute Gasteiger partial charge is 0.489 e. The van der Waals surface area contributed by atoms with Crippen LogP contribution in [0.2, 0.25) is 0 Å². The molecule has 1 N–H and O–H groups in total. The lowest BCUT2D eigenvalue weighted by atomic mass is 10.2. The number of halogens is 1. The van der Waals surface area contributed by atoms with Crippen LogP contribution >= 0.6 is 0 Å². The topological polar surface area (TPSA) is 69.0 Å². The lowest BCUT2D eigenvalue weighted by molar-refractivity contribution is 0.305. The molecule has 0 unspecified atom stereocenters. The molecule has 0 saturated heterocycles. The van der Waals surface area contributed by atoms with E-state index in [0.29, 0.717) is 18.3 Å². The van der Waals surface area contributed by atoms with Gasteiger partial charge in [0.2, 0.25) is 0 Å². The van der Waals surface area contributed by atoms with Crippen LogP contribution in [0.4, 0.5) is 4.39 Å². The Kier molecular flexibility index (Phi) is 6.04. The number of nitrogens with one attached hydrogen (secondary N) is 1. The maximum Gasteiger partial charge on any atom is 0.258 e. The highest BCUT2D eigenvalue weighted by molar-refractivity contribution is 5.80. The van der Waals surface area contributed by atoms with Crippen molar-refractivity contribution in [3.63, 3.8) is 0 Å². The Labute approximate surface area is 179 Å². The fourth-order valence-corrected chi connectivity index (χ4v) is 3.10. The van der Waals surface area contributed by atoms with E-state index in [1.807, 2.05) is 18.2 Å². The van der Waals surface area contributed by atoms with Crippen LogP contribution in [0.15, 0.2) is 71.8 Å². The normalized spacial score (nSPS) is 11.2. The van der Waals surface area contributed by atoms with Gasteiger partial charge in [-0.15, -0.1) is 0 Å². The zero-order valence-corrected chi connectivity index (χ0v) is 17.4. The van der Waals surface area contributed by atoms with Crippen LogP contribution in [0.25, 0.3) is 16.6 Å². The fourth-order valence-electron chi connectivity index (χ4n) is 3.10. The third-order valence-corrected chi connectivity index (χ3v) is 4.77. The summed E-state index contributed by atoms with van der Waals surface area (Å²) >= 11 is 0. The molecule has 0 radical (unpaired) electrons. The monoisotopic (exact) mass is 418 g/mol. The van der Waals surface area contributed by atoms with E-state index < -0.39 is 0 Å². The lowest BCUT2D eigenvalue weighted by Crippen LogP contribution is -2.23. The number of ether oxygens (including phenoxy) is 1. The summed E-state index contributed by atoms with van der Waals surface area (Å²) in [5.41, 5.74) is 2.16. The average molecular weight is 418 g/mol. The second-order valence-corrected chi connectivity index (χ2v) is 7.55. The molecule has 2 aromatic heterocycles. The smallest absolute Gasteiger partial charge is 0.258 e. The molecular formula is C24H23FN4O2. The Morgan fingerprint density at radius 3 is 2.65 bits per heavy atom. The molecule has 0 atom stereocenters. The van der Waals surface area contributed by atoms with E-state index in [1.165, 1.54) is 18.2 Å². The summed E-state index contributed by atoms with van der Waals surface area (Å²) in [5, 5.41) is 4.16. The fraction of sp³-hybridized carbons (Fsp3) is 0.208. The van der Waals surface area contributed by atoms with E-state index in [-0.39, 0.29) is 18.0 Å². The highest BCUT2D eigenvalue weighted by atomic mass is 19.1. The van der Waals surface area contributed by atoms with Gasteiger partial charge < -0.3 is 10.1 Å². The summed E-state index contributed by atoms with van der Waals surface area (Å²) in [5.74, 6) is 0.890. The van der Waals surface area contributed by atoms with Crippen molar-refractivity contribution in [1.82, 2.24) is 19.9 Å². The van der Waals surface area contributed by atoms with Crippen LogP contribution < -0.4 is 15.6 Å². The Hall–Kier alpha value is -3.58. The molecule has 0 aliphatic heterocycles. The zero-order valence-electron chi connectivity index (χ0n) is 17.4. The molecule has 7 heteroatoms. The molecule has 2 aromatic carbocycles. The van der Waals surface area contributed by atoms with E-state index in [9.17, 15) is 9.18 Å². The molecule has 2 heterocycles. The third-order valence-electron chi connectivity index (χ3n) is 4.77. The number of nitrogens with zero attached hydrogens (tertiary/aromatic N) is 3. The van der Waals surface area contributed by atoms with Gasteiger partial charge in [0.15, 0.2) is 0 Å². The second-order valence-electron chi connectivity index (χ2n) is 7.55. The van der Waals surface area contributed by atoms with Crippen LogP contribution in [-0.2, 0) is 13.2 Å². The highest BCUT2D eigenvalue weighted by Crippen LogP contribution is 2.17. The quantitative estimate of drug-likeness (QED) is 0.491. The molecule has 0 aliphatic rings. The zero-order chi connectivity index (χ0) is 21.8. The SMILES string of the molecule is CC(C)NCc1ncc2cc(-n3ccc(OCc4ccc(F)cc4)cc3=O)ccc2n1. The minimum Gasteiger partial charge on any atom is -0.489 e. The summed E-state index contributed by atoms with van der Waals surface area (Å²) < 4.78 is 20.2. The predicted molar refractivity (Wildman–Crippen MR) is 118 cm³/mol. The molecule has 0 saturated carbocycles. The van der Waals surface area contributed by atoms with Gasteiger partial charge in [0.25, 0.3) is 5.56 Å². The Bertz CT molecular complexity index is 1250. The number of pyridine rings is 1. The number of hydrogen-bond donors (Lipinski definition) is 1. The van der Waals surface area contributed by atoms with Crippen molar-refractivity contribution in [3.8, 4) is 11.4 Å². The first-order valence-electron chi connectivity index (χ1n) is 10.1. The van der Waals surface area contributed by atoms with Gasteiger partial charge in [-0.25, -0.2) is 14.4 Å². The van der Waals surface area contributed by atoms with Crippen molar-refractivity contribution in [3.05, 3.63) is 94.5 Å². The summed E-state index contributed by atoms with van der Waals surface area (Å²) in [6.45, 7) is 5.01. The number of hydrogen-bond acceptors (Lipinski definition) is 5. The van der Waals surface area contributed by atoms with Gasteiger partial charge in [0.1, 0.15) is 24.0 Å². The van der Waals surface area contributed by atoms with Gasteiger partial charge in [0, 0.05) is 35.6 Å². The molecule has 0 bridgehead atoms. The number of fused-ring (bicyclic) bond motifs is 1. The standard InChI is InChI=1S/C24H23FN4O2/c1-16(2)26-14-23-27-13-18-11-20(7-8-22(18)28-23)29-10-9-21(12-24(29)30)31-15-17-3-5-19(25)6-4-17/h3-13,16,26H,14-15H2,1-2H3. The van der Waals surface area contributed by atoms with Crippen LogP contribution in [0.1, 0.15) is 25.2 Å². The van der Waals surface area contributed by atoms with Crippen LogP contribution in [0.5, 0.6) is 5.75 Å². The molecule has 0 fully saturated rings. The molecule has 31 heavy (non-hydrogen) atoms. The number of rotatable bonds is 7. The van der Waals surface area contributed by atoms with E-state index in [4.69, 9.17) is 4.74 Å². The highest BCUT2D eigenvalue weighted by Gasteiger charge is 2.06. The van der Waals surface area contributed by atoms with Crippen molar-refractivity contribution in [1.29, 1.82) is 0 Å². The van der Waals surface area contributed by atoms with Crippen molar-refractivity contribution in [2.75, 3.05) is 0 Å². The van der Waals surface area contributed by atoms with E-state index >= 15 is 0 Å². The molecule has 4 aromatic rings. The Morgan fingerprint density at radius 1 is 1.10 bits per heavy atom. The van der Waals surface area contributed by atoms with Crippen molar-refractivity contribution in [2.45, 2.75) is 33.0 Å². The van der Waals surface area contributed by atoms with Crippen LogP contribution in [0.3, 0.4) is 0 Å². The van der Waals surface area contributed by atoms with E-state index in [0.717, 1.165) is 28.0 Å². The Morgan fingerprint density at radius 2 is 1.90 bits per heavy atom. The van der Waals surface area contributed by atoms with Gasteiger partial charge >= 0.3 is 0 Å². The van der Waals surface area contributed by atoms with Gasteiger partial charge in [0.05, 0.1) is 12.1 Å². The van der Waals surface area contributed by atoms with Gasteiger partial charge in [-0.3, -0.25) is 9.36 Å². The number of benzene rings is 2. The minimum absolute atomic E-state index is 0.213. The van der Waals surface area contributed by atoms with Gasteiger partial charge in [-0.2, -0.15) is 0 Å². The van der Waals surface area contributed by atoms with Crippen molar-refractivity contribution < 1.29 is 9.13 Å². The first-order valence-corrected chi connectivity index (χ1v) is 10.1. The molecule has 0 aliphatic carbocycles. The number of aromatic nitrogens is 3. The molecule has 158 valence electrons. The van der Waals surface area contributed by atoms with Gasteiger partial charge in [-0.05, 0) is 42.0 Å². The molecule has 6 nitrogen and oxygen atoms in total. The maximum absolute atomic E-state index is 13.0. The predicted octanol–water partition coefficient (Wildman–Crippen LogP) is 4.00. The summed E-state index contributed by atoms with van der Waals surface area (Å²) in [6.07, 6.45) is 3.44. The van der Waals surface area contributed by atoms with Gasteiger partial charge in [-0.1, -0.05) is 26.0 Å². The summed E-state index contributed by atoms with van der Waals surface area (Å²) in [7, 11) is 0. The third kappa shape index (κ3) is 5.13. The first kappa shape index (κ1) is 20.7. The van der Waals surface area contributed by atoms with Crippen molar-refractivity contribution >= 4 is 10.9 Å². The van der Waals surface area contributed by atoms with E-state index in [1.54, 1.807) is 35.2 Å². The van der Waals surface area contributed by atoms with Crippen LogP contribution in [0, 0.1) is 5.82 Å². The van der Waals surface area contributed by atoms with Crippen LogP contribution in [-0.4, -0.2) is 20.6 Å². The lowest BCUT2D eigenvalue weighted by Gasteiger charge is -2.10. The average Bonchev–Trinajstić information content (AvgIpc) is 2.77. The molecule has 0 amide bonds. The Balaban J connectivity index is 1.51. The molecular weight excluding hydrogens is 395 g/mol. The minimum atomic E-state index is -0.296. The van der Waals surface area contributed by atoms with Crippen molar-refractivity contribution in [2.24, 2.45) is 0 Å². The second kappa shape index (κ2) is 9.06.